The monoisotopic (exact) mass is 319 g/mol. The fourth-order valence-corrected chi connectivity index (χ4v) is 2.48. The quantitative estimate of drug-likeness (QED) is 0.859. The van der Waals surface area contributed by atoms with Gasteiger partial charge in [-0.2, -0.15) is 0 Å². The smallest absolute Gasteiger partial charge is 0.251 e. The fraction of sp³-hybridized carbons (Fsp3) is 0.278. The SMILES string of the molecule is C[C@H](O)C[C@H](CNC(=O)c1cc(F)cc(F)c1)c1ccccc1. The number of hydrogen-bond donors (Lipinski definition) is 2. The molecule has 122 valence electrons. The van der Waals surface area contributed by atoms with Crippen LogP contribution >= 0.6 is 0 Å². The summed E-state index contributed by atoms with van der Waals surface area (Å²) in [5.41, 5.74) is 0.922. The summed E-state index contributed by atoms with van der Waals surface area (Å²) in [6, 6.07) is 12.2. The van der Waals surface area contributed by atoms with Crippen molar-refractivity contribution in [3.8, 4) is 0 Å². The van der Waals surface area contributed by atoms with E-state index >= 15 is 0 Å². The summed E-state index contributed by atoms with van der Waals surface area (Å²) < 4.78 is 26.3. The number of aliphatic hydroxyl groups is 1. The molecule has 0 bridgehead atoms. The van der Waals surface area contributed by atoms with E-state index in [0.29, 0.717) is 6.42 Å². The van der Waals surface area contributed by atoms with E-state index in [1.165, 1.54) is 0 Å². The van der Waals surface area contributed by atoms with Crippen LogP contribution in [-0.4, -0.2) is 23.7 Å². The van der Waals surface area contributed by atoms with E-state index in [0.717, 1.165) is 23.8 Å². The molecule has 2 N–H and O–H groups in total. The maximum atomic E-state index is 13.2. The Labute approximate surface area is 134 Å². The molecule has 0 saturated heterocycles. The highest BCUT2D eigenvalue weighted by molar-refractivity contribution is 5.94. The summed E-state index contributed by atoms with van der Waals surface area (Å²) in [5.74, 6) is -2.22. The Morgan fingerprint density at radius 3 is 2.30 bits per heavy atom. The van der Waals surface area contributed by atoms with E-state index < -0.39 is 23.6 Å². The van der Waals surface area contributed by atoms with Gasteiger partial charge in [-0.3, -0.25) is 4.79 Å². The number of carbonyl (C=O) groups is 1. The molecule has 0 spiro atoms. The van der Waals surface area contributed by atoms with E-state index in [1.54, 1.807) is 6.92 Å². The van der Waals surface area contributed by atoms with E-state index in [9.17, 15) is 18.7 Å². The third kappa shape index (κ3) is 5.14. The summed E-state index contributed by atoms with van der Waals surface area (Å²) >= 11 is 0. The largest absolute Gasteiger partial charge is 0.393 e. The maximum Gasteiger partial charge on any atom is 0.251 e. The lowest BCUT2D eigenvalue weighted by molar-refractivity contribution is 0.0944. The predicted molar refractivity (Wildman–Crippen MR) is 84.2 cm³/mol. The second kappa shape index (κ2) is 7.83. The zero-order chi connectivity index (χ0) is 16.8. The van der Waals surface area contributed by atoms with Crippen LogP contribution in [0.2, 0.25) is 0 Å². The molecule has 0 fully saturated rings. The summed E-state index contributed by atoms with van der Waals surface area (Å²) in [4.78, 5) is 12.1. The first kappa shape index (κ1) is 17.1. The lowest BCUT2D eigenvalue weighted by Crippen LogP contribution is -2.29. The van der Waals surface area contributed by atoms with Crippen molar-refractivity contribution in [1.82, 2.24) is 5.32 Å². The summed E-state index contributed by atoms with van der Waals surface area (Å²) in [5, 5.41) is 12.3. The van der Waals surface area contributed by atoms with Gasteiger partial charge in [0.05, 0.1) is 6.10 Å². The molecule has 1 amide bonds. The molecule has 0 aliphatic carbocycles. The van der Waals surface area contributed by atoms with Crippen molar-refractivity contribution in [2.45, 2.75) is 25.4 Å². The normalized spacial score (nSPS) is 13.4. The Hall–Kier alpha value is -2.27. The molecule has 0 aromatic heterocycles. The van der Waals surface area contributed by atoms with E-state index in [1.807, 2.05) is 30.3 Å². The van der Waals surface area contributed by atoms with Crippen LogP contribution in [-0.2, 0) is 0 Å². The average Bonchev–Trinajstić information content (AvgIpc) is 2.50. The van der Waals surface area contributed by atoms with Crippen LogP contribution in [0.1, 0.15) is 35.2 Å². The van der Waals surface area contributed by atoms with Crippen molar-refractivity contribution in [3.63, 3.8) is 0 Å². The van der Waals surface area contributed by atoms with Crippen molar-refractivity contribution in [2.24, 2.45) is 0 Å². The van der Waals surface area contributed by atoms with Crippen LogP contribution in [0.5, 0.6) is 0 Å². The van der Waals surface area contributed by atoms with Gasteiger partial charge in [-0.1, -0.05) is 30.3 Å². The van der Waals surface area contributed by atoms with Gasteiger partial charge in [-0.15, -0.1) is 0 Å². The zero-order valence-electron chi connectivity index (χ0n) is 12.8. The molecule has 2 aromatic rings. The van der Waals surface area contributed by atoms with Gasteiger partial charge < -0.3 is 10.4 Å². The van der Waals surface area contributed by atoms with Gasteiger partial charge >= 0.3 is 0 Å². The molecule has 2 aromatic carbocycles. The van der Waals surface area contributed by atoms with Crippen LogP contribution in [0.15, 0.2) is 48.5 Å². The first-order chi connectivity index (χ1) is 11.0. The van der Waals surface area contributed by atoms with Crippen LogP contribution in [0, 0.1) is 11.6 Å². The second-order valence-corrected chi connectivity index (χ2v) is 5.56. The number of carbonyl (C=O) groups excluding carboxylic acids is 1. The van der Waals surface area contributed by atoms with Gasteiger partial charge in [0.15, 0.2) is 0 Å². The Balaban J connectivity index is 2.07. The van der Waals surface area contributed by atoms with E-state index in [-0.39, 0.29) is 18.0 Å². The van der Waals surface area contributed by atoms with Gasteiger partial charge in [0.1, 0.15) is 11.6 Å². The van der Waals surface area contributed by atoms with Crippen molar-refractivity contribution in [3.05, 3.63) is 71.3 Å². The number of aliphatic hydroxyl groups excluding tert-OH is 1. The molecule has 23 heavy (non-hydrogen) atoms. The van der Waals surface area contributed by atoms with Crippen molar-refractivity contribution >= 4 is 5.91 Å². The topological polar surface area (TPSA) is 49.3 Å². The minimum atomic E-state index is -0.793. The van der Waals surface area contributed by atoms with Gasteiger partial charge in [-0.05, 0) is 31.0 Å². The predicted octanol–water partition coefficient (Wildman–Crippen LogP) is 3.25. The van der Waals surface area contributed by atoms with Gasteiger partial charge in [0.2, 0.25) is 0 Å². The average molecular weight is 319 g/mol. The fourth-order valence-electron chi connectivity index (χ4n) is 2.48. The van der Waals surface area contributed by atoms with Crippen molar-refractivity contribution in [2.75, 3.05) is 6.54 Å². The molecule has 0 aliphatic rings. The number of hydrogen-bond acceptors (Lipinski definition) is 2. The number of nitrogens with one attached hydrogen (secondary N) is 1. The lowest BCUT2D eigenvalue weighted by atomic mass is 9.93. The standard InChI is InChI=1S/C18H19F2NO2/c1-12(22)7-15(13-5-3-2-4-6-13)11-21-18(23)14-8-16(19)10-17(20)9-14/h2-6,8-10,12,15,22H,7,11H2,1H3,(H,21,23)/t12-,15+/m0/s1. The number of benzene rings is 2. The zero-order valence-corrected chi connectivity index (χ0v) is 12.8. The molecule has 0 aliphatic heterocycles. The van der Waals surface area contributed by atoms with E-state index in [2.05, 4.69) is 5.32 Å². The first-order valence-corrected chi connectivity index (χ1v) is 7.43. The van der Waals surface area contributed by atoms with E-state index in [4.69, 9.17) is 0 Å². The molecule has 0 radical (unpaired) electrons. The van der Waals surface area contributed by atoms with Crippen molar-refractivity contribution in [1.29, 1.82) is 0 Å². The third-order valence-corrected chi connectivity index (χ3v) is 3.53. The number of halogens is 2. The van der Waals surface area contributed by atoms with Gasteiger partial charge in [-0.25, -0.2) is 8.78 Å². The molecule has 0 heterocycles. The minimum Gasteiger partial charge on any atom is -0.393 e. The third-order valence-electron chi connectivity index (χ3n) is 3.53. The lowest BCUT2D eigenvalue weighted by Gasteiger charge is -2.19. The maximum absolute atomic E-state index is 13.2. The number of amides is 1. The van der Waals surface area contributed by atoms with Crippen LogP contribution < -0.4 is 5.32 Å². The highest BCUT2D eigenvalue weighted by atomic mass is 19.1. The summed E-state index contributed by atoms with van der Waals surface area (Å²) in [6.07, 6.45) is -0.0503. The van der Waals surface area contributed by atoms with Crippen LogP contribution in [0.4, 0.5) is 8.78 Å². The molecular formula is C18H19F2NO2. The Kier molecular flexibility index (Phi) is 5.82. The summed E-state index contributed by atoms with van der Waals surface area (Å²) in [7, 11) is 0. The molecule has 0 saturated carbocycles. The highest BCUT2D eigenvalue weighted by Gasteiger charge is 2.16. The highest BCUT2D eigenvalue weighted by Crippen LogP contribution is 2.20. The Morgan fingerprint density at radius 2 is 1.74 bits per heavy atom. The molecule has 2 rings (SSSR count). The Bertz CT molecular complexity index is 639. The van der Waals surface area contributed by atoms with Crippen LogP contribution in [0.3, 0.4) is 0 Å². The summed E-state index contributed by atoms with van der Waals surface area (Å²) in [6.45, 7) is 1.95. The van der Waals surface area contributed by atoms with Gasteiger partial charge in [0.25, 0.3) is 5.91 Å². The minimum absolute atomic E-state index is 0.0636. The molecular weight excluding hydrogens is 300 g/mol. The first-order valence-electron chi connectivity index (χ1n) is 7.43. The molecule has 3 nitrogen and oxygen atoms in total. The second-order valence-electron chi connectivity index (χ2n) is 5.56. The molecule has 2 atom stereocenters. The van der Waals surface area contributed by atoms with Crippen LogP contribution in [0.25, 0.3) is 0 Å². The molecule has 5 heteroatoms. The van der Waals surface area contributed by atoms with Crippen molar-refractivity contribution < 1.29 is 18.7 Å². The molecule has 0 unspecified atom stereocenters. The Morgan fingerprint density at radius 1 is 1.13 bits per heavy atom. The number of rotatable bonds is 6. The van der Waals surface area contributed by atoms with Gasteiger partial charge in [0, 0.05) is 24.1 Å².